The van der Waals surface area contributed by atoms with Gasteiger partial charge >= 0.3 is 0 Å². The molecule has 4 nitrogen and oxygen atoms in total. The van der Waals surface area contributed by atoms with Gasteiger partial charge in [0.15, 0.2) is 0 Å². The molecule has 0 fully saturated rings. The third kappa shape index (κ3) is 2.41. The fourth-order valence-corrected chi connectivity index (χ4v) is 1.35. The first kappa shape index (κ1) is 10.7. The zero-order chi connectivity index (χ0) is 11.4. The summed E-state index contributed by atoms with van der Waals surface area (Å²) in [6.07, 6.45) is 1.51. The van der Waals surface area contributed by atoms with Crippen molar-refractivity contribution >= 4 is 23.2 Å². The Bertz CT molecular complexity index is 465. The minimum Gasteiger partial charge on any atom is -0.364 e. The third-order valence-electron chi connectivity index (χ3n) is 2.02. The predicted octanol–water partition coefficient (Wildman–Crippen LogP) is 2.52. The first-order chi connectivity index (χ1) is 7.79. The summed E-state index contributed by atoms with van der Waals surface area (Å²) >= 11 is 5.38. The maximum absolute atomic E-state index is 11.0. The van der Waals surface area contributed by atoms with Crippen LogP contribution in [0.4, 0.5) is 5.69 Å². The summed E-state index contributed by atoms with van der Waals surface area (Å²) in [4.78, 5) is 11.0. The van der Waals surface area contributed by atoms with E-state index in [4.69, 9.17) is 16.1 Å². The Morgan fingerprint density at radius 3 is 2.62 bits per heavy atom. The Balaban J connectivity index is 2.14. The molecule has 2 rings (SSSR count). The summed E-state index contributed by atoms with van der Waals surface area (Å²) in [5, 5.41) is 6.46. The van der Waals surface area contributed by atoms with E-state index in [0.29, 0.717) is 5.69 Å². The van der Waals surface area contributed by atoms with E-state index in [0.717, 1.165) is 11.3 Å². The Morgan fingerprint density at radius 2 is 2.06 bits per heavy atom. The molecule has 0 radical (unpaired) electrons. The molecule has 82 valence electrons. The number of anilines is 1. The Hall–Kier alpha value is -1.81. The van der Waals surface area contributed by atoms with Gasteiger partial charge in [-0.05, 0) is 12.1 Å². The van der Waals surface area contributed by atoms with Gasteiger partial charge in [0, 0.05) is 17.3 Å². The minimum atomic E-state index is -0.226. The number of hydrogen-bond acceptors (Lipinski definition) is 3. The topological polar surface area (TPSA) is 55.1 Å². The maximum Gasteiger partial charge on any atom is 0.239 e. The Labute approximate surface area is 97.2 Å². The third-order valence-corrected chi connectivity index (χ3v) is 2.27. The molecular weight excluding hydrogens is 228 g/mol. The van der Waals surface area contributed by atoms with Gasteiger partial charge in [0.25, 0.3) is 0 Å². The van der Waals surface area contributed by atoms with Crippen molar-refractivity contribution in [1.29, 1.82) is 0 Å². The molecule has 16 heavy (non-hydrogen) atoms. The molecule has 0 aliphatic rings. The number of nitrogens with zero attached hydrogens (tertiary/aromatic N) is 1. The molecular formula is C11H9ClN2O2. The van der Waals surface area contributed by atoms with E-state index in [1.807, 2.05) is 12.1 Å². The van der Waals surface area contributed by atoms with Crippen LogP contribution in [0.5, 0.6) is 0 Å². The Kier molecular flexibility index (Phi) is 3.22. The molecule has 2 aromatic rings. The number of benzene rings is 1. The van der Waals surface area contributed by atoms with Crippen LogP contribution in [0.1, 0.15) is 0 Å². The first-order valence-electron chi connectivity index (χ1n) is 4.66. The van der Waals surface area contributed by atoms with Crippen LogP contribution < -0.4 is 5.32 Å². The van der Waals surface area contributed by atoms with E-state index in [2.05, 4.69) is 10.5 Å². The molecule has 0 bridgehead atoms. The molecule has 1 aromatic heterocycles. The lowest BCUT2D eigenvalue weighted by Crippen LogP contribution is -2.12. The number of carbonyl (C=O) groups excluding carboxylic acids is 1. The number of hydrogen-bond donors (Lipinski definition) is 1. The van der Waals surface area contributed by atoms with E-state index in [1.54, 1.807) is 18.2 Å². The smallest absolute Gasteiger partial charge is 0.239 e. The van der Waals surface area contributed by atoms with Gasteiger partial charge in [-0.2, -0.15) is 0 Å². The molecule has 1 aromatic carbocycles. The van der Waals surface area contributed by atoms with E-state index in [-0.39, 0.29) is 11.8 Å². The highest BCUT2D eigenvalue weighted by atomic mass is 35.5. The fourth-order valence-electron chi connectivity index (χ4n) is 1.28. The number of rotatable bonds is 3. The van der Waals surface area contributed by atoms with Gasteiger partial charge in [-0.3, -0.25) is 4.79 Å². The number of nitrogens with one attached hydrogen (secondary N) is 1. The largest absolute Gasteiger partial charge is 0.364 e. The van der Waals surface area contributed by atoms with Gasteiger partial charge in [0.05, 0.1) is 0 Å². The highest BCUT2D eigenvalue weighted by molar-refractivity contribution is 6.29. The summed E-state index contributed by atoms with van der Waals surface area (Å²) in [6.45, 7) is 0. The van der Waals surface area contributed by atoms with Crippen LogP contribution in [-0.4, -0.2) is 16.9 Å². The van der Waals surface area contributed by atoms with Gasteiger partial charge < -0.3 is 9.84 Å². The zero-order valence-corrected chi connectivity index (χ0v) is 9.07. The quantitative estimate of drug-likeness (QED) is 0.834. The molecule has 1 N–H and O–H groups in total. The van der Waals surface area contributed by atoms with Crippen LogP contribution in [0.2, 0.25) is 0 Å². The molecule has 0 saturated carbocycles. The molecule has 0 unspecified atom stereocenters. The molecule has 0 aliphatic heterocycles. The summed E-state index contributed by atoms with van der Waals surface area (Å²) < 4.78 is 4.74. The normalized spacial score (nSPS) is 10.1. The van der Waals surface area contributed by atoms with E-state index < -0.39 is 0 Å². The minimum absolute atomic E-state index is 0.0506. The molecule has 0 saturated heterocycles. The van der Waals surface area contributed by atoms with E-state index in [1.165, 1.54) is 6.26 Å². The number of alkyl halides is 1. The highest BCUT2D eigenvalue weighted by Gasteiger charge is 2.02. The van der Waals surface area contributed by atoms with Crippen LogP contribution in [0.3, 0.4) is 0 Å². The summed E-state index contributed by atoms with van der Waals surface area (Å²) in [6, 6.07) is 9.04. The highest BCUT2D eigenvalue weighted by Crippen LogP contribution is 2.19. The lowest BCUT2D eigenvalue weighted by molar-refractivity contribution is -0.113. The molecule has 0 aliphatic carbocycles. The van der Waals surface area contributed by atoms with E-state index in [9.17, 15) is 4.79 Å². The molecule has 5 heteroatoms. The second-order valence-electron chi connectivity index (χ2n) is 3.14. The van der Waals surface area contributed by atoms with Crippen molar-refractivity contribution in [2.24, 2.45) is 0 Å². The van der Waals surface area contributed by atoms with Gasteiger partial charge in [-0.25, -0.2) is 0 Å². The zero-order valence-electron chi connectivity index (χ0n) is 8.31. The number of aromatic nitrogens is 1. The van der Waals surface area contributed by atoms with Crippen molar-refractivity contribution in [2.75, 3.05) is 11.2 Å². The second-order valence-corrected chi connectivity index (χ2v) is 3.41. The van der Waals surface area contributed by atoms with Gasteiger partial charge in [0.2, 0.25) is 5.91 Å². The van der Waals surface area contributed by atoms with Crippen molar-refractivity contribution in [1.82, 2.24) is 5.16 Å². The van der Waals surface area contributed by atoms with Crippen molar-refractivity contribution in [3.8, 4) is 11.3 Å². The SMILES string of the molecule is O=C(CCl)Nc1ccc(-c2ccon2)cc1. The van der Waals surface area contributed by atoms with Crippen LogP contribution in [0.15, 0.2) is 41.1 Å². The van der Waals surface area contributed by atoms with Crippen LogP contribution in [0, 0.1) is 0 Å². The van der Waals surface area contributed by atoms with Crippen molar-refractivity contribution in [2.45, 2.75) is 0 Å². The summed E-state index contributed by atoms with van der Waals surface area (Å²) in [5.74, 6) is -0.277. The number of amides is 1. The number of carbonyl (C=O) groups is 1. The molecule has 1 heterocycles. The molecule has 0 atom stereocenters. The van der Waals surface area contributed by atoms with Gasteiger partial charge in [-0.15, -0.1) is 11.6 Å². The average Bonchev–Trinajstić information content (AvgIpc) is 2.83. The lowest BCUT2D eigenvalue weighted by atomic mass is 10.1. The van der Waals surface area contributed by atoms with Crippen molar-refractivity contribution in [3.05, 3.63) is 36.6 Å². The van der Waals surface area contributed by atoms with Crippen LogP contribution in [-0.2, 0) is 4.79 Å². The van der Waals surface area contributed by atoms with Crippen molar-refractivity contribution in [3.63, 3.8) is 0 Å². The van der Waals surface area contributed by atoms with Crippen molar-refractivity contribution < 1.29 is 9.32 Å². The molecule has 1 amide bonds. The maximum atomic E-state index is 11.0. The summed E-state index contributed by atoms with van der Waals surface area (Å²) in [5.41, 5.74) is 2.39. The van der Waals surface area contributed by atoms with Gasteiger partial charge in [0.1, 0.15) is 17.8 Å². The second kappa shape index (κ2) is 4.81. The lowest BCUT2D eigenvalue weighted by Gasteiger charge is -2.03. The van der Waals surface area contributed by atoms with Gasteiger partial charge in [-0.1, -0.05) is 17.3 Å². The fraction of sp³-hybridized carbons (Fsp3) is 0.0909. The van der Waals surface area contributed by atoms with Crippen LogP contribution >= 0.6 is 11.6 Å². The Morgan fingerprint density at radius 1 is 1.31 bits per heavy atom. The standard InChI is InChI=1S/C11H9ClN2O2/c12-7-11(15)13-9-3-1-8(2-4-9)10-5-6-16-14-10/h1-6H,7H2,(H,13,15). The molecule has 0 spiro atoms. The predicted molar refractivity (Wildman–Crippen MR) is 61.3 cm³/mol. The van der Waals surface area contributed by atoms with E-state index >= 15 is 0 Å². The monoisotopic (exact) mass is 236 g/mol. The summed E-state index contributed by atoms with van der Waals surface area (Å²) in [7, 11) is 0. The number of halogens is 1. The first-order valence-corrected chi connectivity index (χ1v) is 5.19. The average molecular weight is 237 g/mol. The van der Waals surface area contributed by atoms with Crippen LogP contribution in [0.25, 0.3) is 11.3 Å².